The standard InChI is InChI=1S/C28H26F2N4O4S/c1-15-2-8-19(9-3-15)39(37,38)34-14-21(20-12-18(29)13-31-27(20)34)23-11-10-22(30)26(32-23)33-25-17-6-4-16(5-7-17)24(25)28(35)36/h2-3,8-14,16-17,24-25H,4-7H2,1H3,(H,32,33)(H,35,36)/t16?,17?,24-,25+/m0/s1. The number of hydrogen-bond donors (Lipinski definition) is 2. The Balaban J connectivity index is 1.44. The molecule has 3 aliphatic carbocycles. The minimum absolute atomic E-state index is 0.00291. The van der Waals surface area contributed by atoms with Gasteiger partial charge in [-0.2, -0.15) is 0 Å². The highest BCUT2D eigenvalue weighted by molar-refractivity contribution is 7.90. The number of aliphatic carboxylic acids is 1. The molecule has 0 spiro atoms. The maximum Gasteiger partial charge on any atom is 0.308 e. The molecular weight excluding hydrogens is 526 g/mol. The molecule has 0 saturated heterocycles. The Morgan fingerprint density at radius 2 is 1.74 bits per heavy atom. The van der Waals surface area contributed by atoms with E-state index >= 15 is 0 Å². The number of carboxylic acid groups (broad SMARTS) is 1. The summed E-state index contributed by atoms with van der Waals surface area (Å²) in [5.74, 6) is -2.91. The van der Waals surface area contributed by atoms with Crippen LogP contribution < -0.4 is 5.32 Å². The van der Waals surface area contributed by atoms with E-state index in [2.05, 4.69) is 15.3 Å². The van der Waals surface area contributed by atoms with Crippen LogP contribution in [0.5, 0.6) is 0 Å². The van der Waals surface area contributed by atoms with Crippen molar-refractivity contribution in [1.82, 2.24) is 13.9 Å². The van der Waals surface area contributed by atoms with Crippen molar-refractivity contribution < 1.29 is 27.1 Å². The number of nitrogens with zero attached hydrogens (tertiary/aromatic N) is 3. The van der Waals surface area contributed by atoms with E-state index in [1.807, 2.05) is 6.92 Å². The van der Waals surface area contributed by atoms with E-state index in [1.54, 1.807) is 12.1 Å². The van der Waals surface area contributed by atoms with Gasteiger partial charge in [0.2, 0.25) is 0 Å². The molecule has 7 rings (SSSR count). The fourth-order valence-electron chi connectivity index (χ4n) is 6.13. The average molecular weight is 553 g/mol. The maximum absolute atomic E-state index is 15.0. The number of aryl methyl sites for hydroxylation is 1. The van der Waals surface area contributed by atoms with Gasteiger partial charge in [0.1, 0.15) is 5.82 Å². The van der Waals surface area contributed by atoms with Gasteiger partial charge >= 0.3 is 5.97 Å². The molecule has 0 radical (unpaired) electrons. The van der Waals surface area contributed by atoms with Crippen LogP contribution in [0.25, 0.3) is 22.3 Å². The zero-order chi connectivity index (χ0) is 27.5. The minimum atomic E-state index is -4.10. The molecule has 0 amide bonds. The summed E-state index contributed by atoms with van der Waals surface area (Å²) < 4.78 is 57.3. The monoisotopic (exact) mass is 552 g/mol. The summed E-state index contributed by atoms with van der Waals surface area (Å²) in [4.78, 5) is 20.6. The smallest absolute Gasteiger partial charge is 0.308 e. The highest BCUT2D eigenvalue weighted by Gasteiger charge is 2.47. The van der Waals surface area contributed by atoms with Crippen molar-refractivity contribution in [2.75, 3.05) is 5.32 Å². The molecule has 3 aromatic heterocycles. The van der Waals surface area contributed by atoms with Gasteiger partial charge in [0.15, 0.2) is 17.3 Å². The van der Waals surface area contributed by atoms with Crippen LogP contribution in [0.1, 0.15) is 31.2 Å². The summed E-state index contributed by atoms with van der Waals surface area (Å²) in [6.07, 6.45) is 5.64. The van der Waals surface area contributed by atoms with Gasteiger partial charge in [-0.25, -0.2) is 31.1 Å². The first-order valence-corrected chi connectivity index (χ1v) is 14.2. The van der Waals surface area contributed by atoms with Crippen LogP contribution >= 0.6 is 0 Å². The van der Waals surface area contributed by atoms with E-state index in [0.29, 0.717) is 0 Å². The first-order chi connectivity index (χ1) is 18.6. The summed E-state index contributed by atoms with van der Waals surface area (Å²) in [6, 6.07) is 9.56. The number of fused-ring (bicyclic) bond motifs is 4. The molecule has 3 heterocycles. The van der Waals surface area contributed by atoms with Gasteiger partial charge < -0.3 is 10.4 Å². The molecule has 11 heteroatoms. The topological polar surface area (TPSA) is 114 Å². The number of rotatable bonds is 6. The van der Waals surface area contributed by atoms with Crippen molar-refractivity contribution in [1.29, 1.82) is 0 Å². The molecule has 4 aromatic rings. The Bertz CT molecular complexity index is 1700. The first-order valence-electron chi connectivity index (χ1n) is 12.8. The number of carbonyl (C=O) groups is 1. The lowest BCUT2D eigenvalue weighted by Crippen LogP contribution is -2.51. The molecular formula is C28H26F2N4O4S. The fraction of sp³-hybridized carbons (Fsp3) is 0.321. The van der Waals surface area contributed by atoms with Crippen LogP contribution in [0.3, 0.4) is 0 Å². The second-order valence-corrected chi connectivity index (χ2v) is 12.2. The molecule has 3 saturated carbocycles. The highest BCUT2D eigenvalue weighted by atomic mass is 32.2. The molecule has 8 nitrogen and oxygen atoms in total. The summed E-state index contributed by atoms with van der Waals surface area (Å²) in [5, 5.41) is 13.1. The third-order valence-corrected chi connectivity index (χ3v) is 9.75. The molecule has 3 fully saturated rings. The third kappa shape index (κ3) is 4.34. The van der Waals surface area contributed by atoms with E-state index in [0.717, 1.165) is 47.5 Å². The van der Waals surface area contributed by atoms with Crippen LogP contribution in [0.15, 0.2) is 59.8 Å². The van der Waals surface area contributed by atoms with Gasteiger partial charge in [-0.3, -0.25) is 4.79 Å². The van der Waals surface area contributed by atoms with Crippen LogP contribution in [-0.4, -0.2) is 39.5 Å². The molecule has 2 atom stereocenters. The normalized spacial score (nSPS) is 22.7. The molecule has 39 heavy (non-hydrogen) atoms. The predicted octanol–water partition coefficient (Wildman–Crippen LogP) is 5.22. The van der Waals surface area contributed by atoms with Crippen molar-refractivity contribution in [2.45, 2.75) is 43.5 Å². The highest BCUT2D eigenvalue weighted by Crippen LogP contribution is 2.46. The fourth-order valence-corrected chi connectivity index (χ4v) is 7.45. The van der Waals surface area contributed by atoms with Crippen molar-refractivity contribution in [2.24, 2.45) is 17.8 Å². The number of halogens is 2. The van der Waals surface area contributed by atoms with Gasteiger partial charge in [0.05, 0.1) is 22.7 Å². The zero-order valence-electron chi connectivity index (χ0n) is 21.0. The number of benzene rings is 1. The van der Waals surface area contributed by atoms with Crippen molar-refractivity contribution in [3.8, 4) is 11.3 Å². The van der Waals surface area contributed by atoms with Crippen molar-refractivity contribution in [3.63, 3.8) is 0 Å². The van der Waals surface area contributed by atoms with Crippen LogP contribution in [0, 0.1) is 36.3 Å². The number of pyridine rings is 2. The number of nitrogens with one attached hydrogen (secondary N) is 1. The molecule has 202 valence electrons. The second-order valence-electron chi connectivity index (χ2n) is 10.4. The number of hydrogen-bond acceptors (Lipinski definition) is 6. The average Bonchev–Trinajstić information content (AvgIpc) is 3.30. The number of aromatic nitrogens is 3. The molecule has 3 aliphatic rings. The summed E-state index contributed by atoms with van der Waals surface area (Å²) in [7, 11) is -4.10. The molecule has 1 aromatic carbocycles. The Morgan fingerprint density at radius 3 is 2.44 bits per heavy atom. The molecule has 0 aliphatic heterocycles. The Morgan fingerprint density at radius 1 is 1.05 bits per heavy atom. The summed E-state index contributed by atoms with van der Waals surface area (Å²) in [6.45, 7) is 1.84. The van der Waals surface area contributed by atoms with Gasteiger partial charge in [0.25, 0.3) is 10.0 Å². The quantitative estimate of drug-likeness (QED) is 0.337. The SMILES string of the molecule is Cc1ccc(S(=O)(=O)n2cc(-c3ccc(F)c(N[C@@H]4C5CCC(CC5)[C@@H]4C(=O)O)n3)c3cc(F)cnc32)cc1. The van der Waals surface area contributed by atoms with E-state index in [4.69, 9.17) is 0 Å². The van der Waals surface area contributed by atoms with Gasteiger partial charge in [-0.1, -0.05) is 17.7 Å². The van der Waals surface area contributed by atoms with E-state index in [-0.39, 0.29) is 44.8 Å². The van der Waals surface area contributed by atoms with E-state index < -0.39 is 39.6 Å². The second kappa shape index (κ2) is 9.41. The summed E-state index contributed by atoms with van der Waals surface area (Å²) >= 11 is 0. The summed E-state index contributed by atoms with van der Waals surface area (Å²) in [5.41, 5.74) is 1.33. The van der Waals surface area contributed by atoms with Crippen LogP contribution in [-0.2, 0) is 14.8 Å². The molecule has 2 bridgehead atoms. The zero-order valence-corrected chi connectivity index (χ0v) is 21.8. The largest absolute Gasteiger partial charge is 0.481 e. The van der Waals surface area contributed by atoms with Crippen molar-refractivity contribution in [3.05, 3.63) is 72.1 Å². The molecule has 0 unspecified atom stereocenters. The van der Waals surface area contributed by atoms with Crippen molar-refractivity contribution >= 4 is 32.8 Å². The number of carboxylic acids is 1. The predicted molar refractivity (Wildman–Crippen MR) is 141 cm³/mol. The Kier molecular flexibility index (Phi) is 6.13. The van der Waals surface area contributed by atoms with Gasteiger partial charge in [0, 0.05) is 23.2 Å². The van der Waals surface area contributed by atoms with E-state index in [9.17, 15) is 27.1 Å². The molecule has 2 N–H and O–H groups in total. The van der Waals surface area contributed by atoms with Gasteiger partial charge in [-0.15, -0.1) is 0 Å². The lowest BCUT2D eigenvalue weighted by molar-refractivity contribution is -0.148. The lowest BCUT2D eigenvalue weighted by Gasteiger charge is -2.47. The van der Waals surface area contributed by atoms with Crippen LogP contribution in [0.2, 0.25) is 0 Å². The van der Waals surface area contributed by atoms with E-state index in [1.165, 1.54) is 30.5 Å². The Hall–Kier alpha value is -3.86. The lowest BCUT2D eigenvalue weighted by atomic mass is 9.61. The first kappa shape index (κ1) is 25.4. The third-order valence-electron chi connectivity index (χ3n) is 8.09. The van der Waals surface area contributed by atoms with Gasteiger partial charge in [-0.05, 0) is 74.8 Å². The maximum atomic E-state index is 15.0. The van der Waals surface area contributed by atoms with Crippen LogP contribution in [0.4, 0.5) is 14.6 Å². The Labute approximate surface area is 223 Å². The minimum Gasteiger partial charge on any atom is -0.481 e. The number of anilines is 1.